The molecule has 20 heavy (non-hydrogen) atoms. The first-order chi connectivity index (χ1) is 8.92. The average molecular weight is 310 g/mol. The second-order valence-corrected chi connectivity index (χ2v) is 4.20. The van der Waals surface area contributed by atoms with Gasteiger partial charge >= 0.3 is 6.18 Å². The molecule has 1 N–H and O–H groups in total. The number of alkyl halides is 3. The zero-order chi connectivity index (χ0) is 13.9. The van der Waals surface area contributed by atoms with E-state index in [0.717, 1.165) is 10.4 Å². The Morgan fingerprint density at radius 1 is 1.10 bits per heavy atom. The van der Waals surface area contributed by atoms with Crippen LogP contribution in [0.3, 0.4) is 0 Å². The van der Waals surface area contributed by atoms with E-state index < -0.39 is 12.7 Å². The van der Waals surface area contributed by atoms with Gasteiger partial charge < -0.3 is 5.32 Å². The Balaban J connectivity index is 0.00000200. The first-order valence-corrected chi connectivity index (χ1v) is 5.71. The second-order valence-electron chi connectivity index (χ2n) is 4.20. The van der Waals surface area contributed by atoms with Crippen molar-refractivity contribution in [3.63, 3.8) is 0 Å². The molecule has 0 saturated carbocycles. The molecule has 0 radical (unpaired) electrons. The molecule has 0 aromatic carbocycles. The molecule has 0 aliphatic rings. The predicted octanol–water partition coefficient (Wildman–Crippen LogP) is 1.89. The molecular formula is C11H15ClF3N5. The molecule has 5 nitrogen and oxygen atoms in total. The van der Waals surface area contributed by atoms with Crippen molar-refractivity contribution in [2.24, 2.45) is 7.05 Å². The Labute approximate surface area is 120 Å². The standard InChI is InChI=1S/C11H14F3N5.ClH/c1-18-4-2-9(16-18)6-15-7-10-3-5-19(17-10)8-11(12,13)14;/h2-5,15H,6-8H2,1H3;1H. The van der Waals surface area contributed by atoms with E-state index in [2.05, 4.69) is 15.5 Å². The lowest BCUT2D eigenvalue weighted by Gasteiger charge is -2.05. The van der Waals surface area contributed by atoms with Crippen molar-refractivity contribution < 1.29 is 13.2 Å². The minimum atomic E-state index is -4.25. The fourth-order valence-corrected chi connectivity index (χ4v) is 1.65. The largest absolute Gasteiger partial charge is 0.408 e. The lowest BCUT2D eigenvalue weighted by molar-refractivity contribution is -0.142. The van der Waals surface area contributed by atoms with Crippen LogP contribution in [0.1, 0.15) is 11.4 Å². The van der Waals surface area contributed by atoms with Gasteiger partial charge in [-0.25, -0.2) is 0 Å². The van der Waals surface area contributed by atoms with Crippen LogP contribution in [0.5, 0.6) is 0 Å². The highest BCUT2D eigenvalue weighted by atomic mass is 35.5. The Morgan fingerprint density at radius 2 is 1.70 bits per heavy atom. The van der Waals surface area contributed by atoms with Gasteiger partial charge in [-0.2, -0.15) is 23.4 Å². The summed E-state index contributed by atoms with van der Waals surface area (Å²) >= 11 is 0. The van der Waals surface area contributed by atoms with Crippen LogP contribution in [-0.2, 0) is 26.7 Å². The first kappa shape index (κ1) is 16.5. The maximum atomic E-state index is 12.1. The minimum absolute atomic E-state index is 0. The molecule has 112 valence electrons. The summed E-state index contributed by atoms with van der Waals surface area (Å²) in [5.74, 6) is 0. The highest BCUT2D eigenvalue weighted by Crippen LogP contribution is 2.16. The van der Waals surface area contributed by atoms with Gasteiger partial charge in [0.05, 0.1) is 11.4 Å². The summed E-state index contributed by atoms with van der Waals surface area (Å²) in [4.78, 5) is 0. The lowest BCUT2D eigenvalue weighted by atomic mass is 10.4. The van der Waals surface area contributed by atoms with Gasteiger partial charge in [0.2, 0.25) is 0 Å². The van der Waals surface area contributed by atoms with Crippen LogP contribution in [0.2, 0.25) is 0 Å². The van der Waals surface area contributed by atoms with Crippen LogP contribution in [0, 0.1) is 0 Å². The number of nitrogens with one attached hydrogen (secondary N) is 1. The summed E-state index contributed by atoms with van der Waals surface area (Å²) in [7, 11) is 1.82. The third kappa shape index (κ3) is 5.22. The fraction of sp³-hybridized carbons (Fsp3) is 0.455. The van der Waals surface area contributed by atoms with Crippen molar-refractivity contribution in [1.29, 1.82) is 0 Å². The number of nitrogens with zero attached hydrogens (tertiary/aromatic N) is 4. The van der Waals surface area contributed by atoms with Crippen molar-refractivity contribution in [3.8, 4) is 0 Å². The highest BCUT2D eigenvalue weighted by molar-refractivity contribution is 5.85. The Bertz CT molecular complexity index is 534. The van der Waals surface area contributed by atoms with E-state index in [9.17, 15) is 13.2 Å². The Hall–Kier alpha value is -1.54. The quantitative estimate of drug-likeness (QED) is 0.917. The topological polar surface area (TPSA) is 47.7 Å². The highest BCUT2D eigenvalue weighted by Gasteiger charge is 2.28. The number of rotatable bonds is 5. The molecule has 0 aliphatic heterocycles. The molecule has 0 unspecified atom stereocenters. The fourth-order valence-electron chi connectivity index (χ4n) is 1.65. The molecule has 2 aromatic heterocycles. The van der Waals surface area contributed by atoms with E-state index in [1.54, 1.807) is 10.7 Å². The summed E-state index contributed by atoms with van der Waals surface area (Å²) < 4.78 is 39.0. The third-order valence-electron chi connectivity index (χ3n) is 2.42. The van der Waals surface area contributed by atoms with Gasteiger partial charge in [0, 0.05) is 32.5 Å². The van der Waals surface area contributed by atoms with Crippen molar-refractivity contribution >= 4 is 12.4 Å². The van der Waals surface area contributed by atoms with Gasteiger partial charge in [-0.05, 0) is 12.1 Å². The zero-order valence-corrected chi connectivity index (χ0v) is 11.6. The number of hydrogen-bond donors (Lipinski definition) is 1. The molecule has 0 spiro atoms. The normalized spacial score (nSPS) is 11.4. The van der Waals surface area contributed by atoms with E-state index in [-0.39, 0.29) is 12.4 Å². The van der Waals surface area contributed by atoms with E-state index >= 15 is 0 Å². The smallest absolute Gasteiger partial charge is 0.305 e. The second kappa shape index (κ2) is 6.76. The molecule has 2 rings (SSSR count). The molecule has 2 aromatic rings. The van der Waals surface area contributed by atoms with Gasteiger partial charge in [0.15, 0.2) is 0 Å². The number of halogens is 4. The molecule has 0 saturated heterocycles. The Morgan fingerprint density at radius 3 is 2.25 bits per heavy atom. The van der Waals surface area contributed by atoms with E-state index in [1.807, 2.05) is 19.3 Å². The number of aromatic nitrogens is 4. The van der Waals surface area contributed by atoms with Gasteiger partial charge in [0.25, 0.3) is 0 Å². The third-order valence-corrected chi connectivity index (χ3v) is 2.42. The lowest BCUT2D eigenvalue weighted by Crippen LogP contribution is -2.19. The monoisotopic (exact) mass is 309 g/mol. The van der Waals surface area contributed by atoms with Crippen molar-refractivity contribution in [1.82, 2.24) is 24.9 Å². The molecule has 0 fully saturated rings. The molecule has 0 atom stereocenters. The van der Waals surface area contributed by atoms with Crippen LogP contribution in [-0.4, -0.2) is 25.7 Å². The summed E-state index contributed by atoms with van der Waals surface area (Å²) in [6.07, 6.45) is -1.09. The summed E-state index contributed by atoms with van der Waals surface area (Å²) in [5, 5.41) is 11.1. The van der Waals surface area contributed by atoms with Crippen molar-refractivity contribution in [2.75, 3.05) is 0 Å². The number of aryl methyl sites for hydroxylation is 1. The molecule has 0 bridgehead atoms. The Kier molecular flexibility index (Phi) is 5.58. The van der Waals surface area contributed by atoms with Gasteiger partial charge in [-0.1, -0.05) is 0 Å². The predicted molar refractivity (Wildman–Crippen MR) is 69.3 cm³/mol. The van der Waals surface area contributed by atoms with Crippen molar-refractivity contribution in [3.05, 3.63) is 35.9 Å². The molecule has 2 heterocycles. The zero-order valence-electron chi connectivity index (χ0n) is 10.8. The minimum Gasteiger partial charge on any atom is -0.305 e. The van der Waals surface area contributed by atoms with Crippen LogP contribution >= 0.6 is 12.4 Å². The van der Waals surface area contributed by atoms with Gasteiger partial charge in [-0.3, -0.25) is 9.36 Å². The first-order valence-electron chi connectivity index (χ1n) is 5.71. The summed E-state index contributed by atoms with van der Waals surface area (Å²) in [5.41, 5.74) is 1.44. The van der Waals surface area contributed by atoms with Crippen molar-refractivity contribution in [2.45, 2.75) is 25.8 Å². The number of hydrogen-bond acceptors (Lipinski definition) is 3. The molecular weight excluding hydrogens is 295 g/mol. The maximum absolute atomic E-state index is 12.1. The van der Waals surface area contributed by atoms with E-state index in [1.165, 1.54) is 6.20 Å². The van der Waals surface area contributed by atoms with Crippen LogP contribution < -0.4 is 5.32 Å². The van der Waals surface area contributed by atoms with E-state index in [0.29, 0.717) is 18.8 Å². The van der Waals surface area contributed by atoms with Crippen LogP contribution in [0.25, 0.3) is 0 Å². The van der Waals surface area contributed by atoms with Gasteiger partial charge in [0.1, 0.15) is 6.54 Å². The average Bonchev–Trinajstić information content (AvgIpc) is 2.86. The van der Waals surface area contributed by atoms with E-state index in [4.69, 9.17) is 0 Å². The maximum Gasteiger partial charge on any atom is 0.408 e. The molecule has 9 heteroatoms. The molecule has 0 amide bonds. The van der Waals surface area contributed by atoms with Gasteiger partial charge in [-0.15, -0.1) is 12.4 Å². The summed E-state index contributed by atoms with van der Waals surface area (Å²) in [6.45, 7) is -0.109. The van der Waals surface area contributed by atoms with Crippen LogP contribution in [0.15, 0.2) is 24.5 Å². The summed E-state index contributed by atoms with van der Waals surface area (Å²) in [6, 6.07) is 3.44. The van der Waals surface area contributed by atoms with Crippen LogP contribution in [0.4, 0.5) is 13.2 Å². The SMILES string of the molecule is Cl.Cn1ccc(CNCc2ccn(CC(F)(F)F)n2)n1. The molecule has 0 aliphatic carbocycles.